The fraction of sp³-hybridized carbons (Fsp3) is 0.921. The topological polar surface area (TPSA) is 135 Å². The Morgan fingerprint density at radius 1 is 0.660 bits per heavy atom. The number of allylic oxidation sites excluding steroid dienone is 2. The number of carbonyl (C=O) groups excluding carboxylic acids is 1. The van der Waals surface area contributed by atoms with Crippen LogP contribution in [0.2, 0.25) is 0 Å². The second kappa shape index (κ2) is 30.9. The van der Waals surface area contributed by atoms with Gasteiger partial charge in [0, 0.05) is 13.0 Å². The molecule has 6 atom stereocenters. The average molecular weight is 673 g/mol. The van der Waals surface area contributed by atoms with E-state index in [1.165, 1.54) is 96.3 Å². The second-order valence-electron chi connectivity index (χ2n) is 13.4. The maximum absolute atomic E-state index is 12.5. The van der Waals surface area contributed by atoms with Crippen LogP contribution in [0.15, 0.2) is 12.2 Å². The quantitative estimate of drug-likeness (QED) is 0.0330. The number of carbonyl (C=O) groups is 1. The molecule has 0 radical (unpaired) electrons. The van der Waals surface area contributed by atoms with Crippen LogP contribution in [0.1, 0.15) is 162 Å². The Kier molecular flexibility index (Phi) is 28.9. The zero-order chi connectivity index (χ0) is 34.4. The first-order valence-electron chi connectivity index (χ1n) is 19.3. The Labute approximate surface area is 286 Å². The highest BCUT2D eigenvalue weighted by molar-refractivity contribution is 5.69. The molecule has 9 nitrogen and oxygen atoms in total. The van der Waals surface area contributed by atoms with E-state index in [0.29, 0.717) is 13.0 Å². The van der Waals surface area contributed by atoms with Crippen molar-refractivity contribution in [2.24, 2.45) is 0 Å². The van der Waals surface area contributed by atoms with Crippen molar-refractivity contribution in [3.05, 3.63) is 12.2 Å². The van der Waals surface area contributed by atoms with Gasteiger partial charge in [-0.3, -0.25) is 4.79 Å². The third-order valence-corrected chi connectivity index (χ3v) is 8.93. The van der Waals surface area contributed by atoms with Gasteiger partial charge >= 0.3 is 5.97 Å². The minimum Gasteiger partial charge on any atom is -0.457 e. The molecule has 1 fully saturated rings. The summed E-state index contributed by atoms with van der Waals surface area (Å²) in [6.45, 7) is 4.46. The summed E-state index contributed by atoms with van der Waals surface area (Å²) in [6, 6.07) is 0. The van der Waals surface area contributed by atoms with E-state index in [2.05, 4.69) is 26.0 Å². The Hall–Kier alpha value is -1.07. The molecule has 278 valence electrons. The lowest BCUT2D eigenvalue weighted by Crippen LogP contribution is -2.59. The largest absolute Gasteiger partial charge is 0.457 e. The predicted molar refractivity (Wildman–Crippen MR) is 187 cm³/mol. The van der Waals surface area contributed by atoms with Crippen molar-refractivity contribution in [2.45, 2.75) is 198 Å². The molecule has 9 heteroatoms. The van der Waals surface area contributed by atoms with Crippen molar-refractivity contribution in [3.8, 4) is 0 Å². The highest BCUT2D eigenvalue weighted by Crippen LogP contribution is 2.22. The summed E-state index contributed by atoms with van der Waals surface area (Å²) >= 11 is 0. The van der Waals surface area contributed by atoms with Gasteiger partial charge in [0.25, 0.3) is 0 Å². The molecule has 0 aromatic rings. The normalized spacial score (nSPS) is 22.2. The van der Waals surface area contributed by atoms with Gasteiger partial charge in [-0.15, -0.1) is 0 Å². The zero-order valence-corrected chi connectivity index (χ0v) is 30.0. The SMILES string of the molecule is CCCCCCCCC/C=C\CCCCCCCCCCOCC(COC1OC(CO)C(O)C(O)C1O)OC(=O)CCCCCCC. The lowest BCUT2D eigenvalue weighted by atomic mass is 9.99. The minimum atomic E-state index is -1.53. The monoisotopic (exact) mass is 673 g/mol. The summed E-state index contributed by atoms with van der Waals surface area (Å²) in [7, 11) is 0. The maximum Gasteiger partial charge on any atom is 0.306 e. The molecule has 0 bridgehead atoms. The van der Waals surface area contributed by atoms with Gasteiger partial charge in [0.05, 0.1) is 19.8 Å². The summed E-state index contributed by atoms with van der Waals surface area (Å²) in [5.74, 6) is -0.327. The van der Waals surface area contributed by atoms with Crippen LogP contribution < -0.4 is 0 Å². The highest BCUT2D eigenvalue weighted by Gasteiger charge is 2.44. The molecule has 1 aliphatic rings. The number of rotatable bonds is 32. The molecular weight excluding hydrogens is 600 g/mol. The molecule has 0 saturated carbocycles. The first-order chi connectivity index (χ1) is 22.9. The molecule has 47 heavy (non-hydrogen) atoms. The van der Waals surface area contributed by atoms with E-state index in [1.807, 2.05) is 0 Å². The van der Waals surface area contributed by atoms with Crippen LogP contribution >= 0.6 is 0 Å². The smallest absolute Gasteiger partial charge is 0.306 e. The molecular formula is C38H72O9. The Morgan fingerprint density at radius 2 is 1.17 bits per heavy atom. The maximum atomic E-state index is 12.5. The van der Waals surface area contributed by atoms with E-state index in [0.717, 1.165) is 44.9 Å². The van der Waals surface area contributed by atoms with Gasteiger partial charge in [0.1, 0.15) is 30.5 Å². The second-order valence-corrected chi connectivity index (χ2v) is 13.4. The standard InChI is InChI=1S/C38H72O9/c1-3-5-7-9-10-11-12-13-14-15-16-17-18-19-20-21-22-24-26-28-44-30-32(46-34(40)27-25-23-8-6-4-2)31-45-38-37(43)36(42)35(41)33(29-39)47-38/h14-15,32-33,35-39,41-43H,3-13,16-31H2,1-2H3/b15-14-. The van der Waals surface area contributed by atoms with Gasteiger partial charge in [-0.1, -0.05) is 129 Å². The van der Waals surface area contributed by atoms with Crippen molar-refractivity contribution in [3.63, 3.8) is 0 Å². The van der Waals surface area contributed by atoms with Crippen LogP contribution in [0.3, 0.4) is 0 Å². The molecule has 1 saturated heterocycles. The molecule has 0 aromatic carbocycles. The molecule has 6 unspecified atom stereocenters. The van der Waals surface area contributed by atoms with Gasteiger partial charge in [-0.05, 0) is 38.5 Å². The summed E-state index contributed by atoms with van der Waals surface area (Å²) in [4.78, 5) is 12.5. The molecule has 4 N–H and O–H groups in total. The van der Waals surface area contributed by atoms with E-state index in [-0.39, 0.29) is 19.2 Å². The van der Waals surface area contributed by atoms with Crippen molar-refractivity contribution in [2.75, 3.05) is 26.4 Å². The van der Waals surface area contributed by atoms with Crippen molar-refractivity contribution in [1.82, 2.24) is 0 Å². The number of hydrogen-bond acceptors (Lipinski definition) is 9. The van der Waals surface area contributed by atoms with Gasteiger partial charge < -0.3 is 39.4 Å². The molecule has 1 aliphatic heterocycles. The Morgan fingerprint density at radius 3 is 1.72 bits per heavy atom. The fourth-order valence-corrected chi connectivity index (χ4v) is 5.84. The average Bonchev–Trinajstić information content (AvgIpc) is 3.07. The van der Waals surface area contributed by atoms with E-state index < -0.39 is 43.4 Å². The molecule has 0 amide bonds. The number of aliphatic hydroxyl groups is 4. The minimum absolute atomic E-state index is 0.112. The van der Waals surface area contributed by atoms with E-state index in [4.69, 9.17) is 18.9 Å². The fourth-order valence-electron chi connectivity index (χ4n) is 5.84. The number of esters is 1. The van der Waals surface area contributed by atoms with Crippen molar-refractivity contribution in [1.29, 1.82) is 0 Å². The predicted octanol–water partition coefficient (Wildman–Crippen LogP) is 7.30. The number of aliphatic hydroxyl groups excluding tert-OH is 4. The summed E-state index contributed by atoms with van der Waals surface area (Å²) < 4.78 is 22.5. The number of unbranched alkanes of at least 4 members (excludes halogenated alkanes) is 19. The van der Waals surface area contributed by atoms with E-state index >= 15 is 0 Å². The lowest BCUT2D eigenvalue weighted by Gasteiger charge is -2.39. The van der Waals surface area contributed by atoms with Crippen molar-refractivity contribution >= 4 is 5.97 Å². The third-order valence-electron chi connectivity index (χ3n) is 8.93. The van der Waals surface area contributed by atoms with Gasteiger partial charge in [-0.25, -0.2) is 0 Å². The van der Waals surface area contributed by atoms with Crippen LogP contribution in [-0.4, -0.2) is 89.6 Å². The van der Waals surface area contributed by atoms with Gasteiger partial charge in [0.15, 0.2) is 6.29 Å². The highest BCUT2D eigenvalue weighted by atomic mass is 16.7. The van der Waals surface area contributed by atoms with E-state index in [1.54, 1.807) is 0 Å². The van der Waals surface area contributed by atoms with Gasteiger partial charge in [0.2, 0.25) is 0 Å². The zero-order valence-electron chi connectivity index (χ0n) is 30.0. The van der Waals surface area contributed by atoms with Crippen LogP contribution in [0.25, 0.3) is 0 Å². The summed E-state index contributed by atoms with van der Waals surface area (Å²) in [6.07, 6.45) is 24.3. The van der Waals surface area contributed by atoms with Crippen LogP contribution in [0, 0.1) is 0 Å². The summed E-state index contributed by atoms with van der Waals surface area (Å²) in [5, 5.41) is 39.7. The molecule has 0 spiro atoms. The first-order valence-corrected chi connectivity index (χ1v) is 19.3. The van der Waals surface area contributed by atoms with E-state index in [9.17, 15) is 25.2 Å². The Bertz CT molecular complexity index is 732. The van der Waals surface area contributed by atoms with Gasteiger partial charge in [-0.2, -0.15) is 0 Å². The molecule has 1 heterocycles. The molecule has 0 aromatic heterocycles. The van der Waals surface area contributed by atoms with Crippen LogP contribution in [-0.2, 0) is 23.7 Å². The molecule has 1 rings (SSSR count). The number of hydrogen-bond donors (Lipinski definition) is 4. The third kappa shape index (κ3) is 23.1. The van der Waals surface area contributed by atoms with Crippen LogP contribution in [0.4, 0.5) is 0 Å². The first kappa shape index (κ1) is 44.0. The summed E-state index contributed by atoms with van der Waals surface area (Å²) in [5.41, 5.74) is 0. The number of ether oxygens (including phenoxy) is 4. The van der Waals surface area contributed by atoms with Crippen LogP contribution in [0.5, 0.6) is 0 Å². The molecule has 0 aliphatic carbocycles. The Balaban J connectivity index is 2.19. The lowest BCUT2D eigenvalue weighted by molar-refractivity contribution is -0.305. The van der Waals surface area contributed by atoms with Crippen molar-refractivity contribution < 1.29 is 44.2 Å².